The van der Waals surface area contributed by atoms with E-state index in [1.165, 1.54) is 0 Å². The molecular weight excluding hydrogens is 268 g/mol. The van der Waals surface area contributed by atoms with Gasteiger partial charge in [-0.2, -0.15) is 0 Å². The second-order valence-electron chi connectivity index (χ2n) is 4.04. The second-order valence-corrected chi connectivity index (χ2v) is 6.32. The molecule has 1 rings (SSSR count). The molecule has 0 fully saturated rings. The van der Waals surface area contributed by atoms with E-state index in [9.17, 15) is 0 Å². The molecule has 0 aromatic rings. The summed E-state index contributed by atoms with van der Waals surface area (Å²) in [7, 11) is 0. The molecule has 5 heteroatoms. The monoisotopic (exact) mass is 281 g/mol. The van der Waals surface area contributed by atoms with Crippen molar-refractivity contribution in [2.75, 3.05) is 0 Å². The van der Waals surface area contributed by atoms with E-state index in [0.717, 1.165) is 17.6 Å². The molecule has 1 aliphatic carbocycles. The number of rotatable bonds is 1. The van der Waals surface area contributed by atoms with Gasteiger partial charge in [0.15, 0.2) is 0 Å². The number of hydrogen-bond donors (Lipinski definition) is 1. The summed E-state index contributed by atoms with van der Waals surface area (Å²) in [5.41, 5.74) is 1.59. The largest absolute Gasteiger partial charge is 0.410 e. The summed E-state index contributed by atoms with van der Waals surface area (Å²) >= 11 is 18.1. The summed E-state index contributed by atoms with van der Waals surface area (Å²) in [6, 6.07) is 0. The van der Waals surface area contributed by atoms with Gasteiger partial charge in [0.05, 0.1) is 5.41 Å². The average Bonchev–Trinajstić information content (AvgIpc) is 2.16. The highest BCUT2D eigenvalue weighted by Gasteiger charge is 2.46. The molecule has 0 amide bonds. The minimum absolute atomic E-state index is 0.517. The van der Waals surface area contributed by atoms with Crippen molar-refractivity contribution in [3.05, 3.63) is 23.3 Å². The molecule has 0 saturated heterocycles. The molecule has 0 aliphatic heterocycles. The van der Waals surface area contributed by atoms with Crippen LogP contribution in [0.2, 0.25) is 0 Å². The highest BCUT2D eigenvalue weighted by atomic mass is 35.6. The number of allylic oxidation sites excluding steroid dienone is 4. The fourth-order valence-electron chi connectivity index (χ4n) is 1.87. The van der Waals surface area contributed by atoms with Crippen LogP contribution < -0.4 is 0 Å². The third kappa shape index (κ3) is 2.24. The Morgan fingerprint density at radius 2 is 2.00 bits per heavy atom. The molecule has 0 radical (unpaired) electrons. The fraction of sp³-hybridized carbons (Fsp3) is 0.545. The Morgan fingerprint density at radius 1 is 1.44 bits per heavy atom. The first kappa shape index (κ1) is 13.9. The van der Waals surface area contributed by atoms with Gasteiger partial charge in [0.25, 0.3) is 0 Å². The van der Waals surface area contributed by atoms with Crippen molar-refractivity contribution in [2.45, 2.75) is 31.0 Å². The maximum Gasteiger partial charge on any atom is 0.202 e. The van der Waals surface area contributed by atoms with Crippen molar-refractivity contribution in [3.63, 3.8) is 0 Å². The van der Waals surface area contributed by atoms with Crippen LogP contribution in [0.1, 0.15) is 27.2 Å². The van der Waals surface area contributed by atoms with Crippen LogP contribution in [0.4, 0.5) is 0 Å². The molecule has 0 aromatic carbocycles. The van der Waals surface area contributed by atoms with E-state index in [2.05, 4.69) is 5.16 Å². The molecular formula is C11H14Cl3NO. The van der Waals surface area contributed by atoms with E-state index in [1.807, 2.05) is 26.8 Å². The number of hydrogen-bond acceptors (Lipinski definition) is 2. The normalized spacial score (nSPS) is 29.0. The topological polar surface area (TPSA) is 32.6 Å². The summed E-state index contributed by atoms with van der Waals surface area (Å²) < 4.78 is -1.42. The van der Waals surface area contributed by atoms with Gasteiger partial charge in [0.2, 0.25) is 3.79 Å². The molecule has 1 aliphatic rings. The molecule has 0 aromatic heterocycles. The van der Waals surface area contributed by atoms with E-state index in [0.29, 0.717) is 5.71 Å². The van der Waals surface area contributed by atoms with Crippen LogP contribution in [0, 0.1) is 5.41 Å². The predicted molar refractivity (Wildman–Crippen MR) is 69.7 cm³/mol. The summed E-state index contributed by atoms with van der Waals surface area (Å²) in [6.45, 7) is 5.67. The van der Waals surface area contributed by atoms with Gasteiger partial charge in [-0.25, -0.2) is 0 Å². The summed E-state index contributed by atoms with van der Waals surface area (Å²) in [4.78, 5) is 0. The van der Waals surface area contributed by atoms with Crippen LogP contribution >= 0.6 is 34.8 Å². The highest BCUT2D eigenvalue weighted by Crippen LogP contribution is 2.53. The Kier molecular flexibility index (Phi) is 3.99. The molecule has 1 N–H and O–H groups in total. The number of nitrogens with zero attached hydrogens (tertiary/aromatic N) is 1. The zero-order valence-corrected chi connectivity index (χ0v) is 11.7. The second kappa shape index (κ2) is 4.59. The third-order valence-corrected chi connectivity index (χ3v) is 4.14. The van der Waals surface area contributed by atoms with Crippen molar-refractivity contribution in [1.82, 2.24) is 0 Å². The van der Waals surface area contributed by atoms with Crippen LogP contribution in [0.15, 0.2) is 28.5 Å². The van der Waals surface area contributed by atoms with Gasteiger partial charge in [-0.3, -0.25) is 0 Å². The number of oxime groups is 1. The van der Waals surface area contributed by atoms with Crippen molar-refractivity contribution in [2.24, 2.45) is 10.6 Å². The molecule has 0 heterocycles. The van der Waals surface area contributed by atoms with Crippen LogP contribution in [0.3, 0.4) is 0 Å². The highest BCUT2D eigenvalue weighted by molar-refractivity contribution is 6.68. The van der Waals surface area contributed by atoms with E-state index < -0.39 is 9.21 Å². The minimum atomic E-state index is -1.42. The molecule has 2 nitrogen and oxygen atoms in total. The van der Waals surface area contributed by atoms with Gasteiger partial charge < -0.3 is 5.21 Å². The lowest BCUT2D eigenvalue weighted by molar-refractivity contribution is 0.319. The first-order valence-electron chi connectivity index (χ1n) is 4.96. The van der Waals surface area contributed by atoms with E-state index >= 15 is 0 Å². The minimum Gasteiger partial charge on any atom is -0.410 e. The van der Waals surface area contributed by atoms with Crippen LogP contribution in [-0.2, 0) is 0 Å². The average molecular weight is 283 g/mol. The van der Waals surface area contributed by atoms with Crippen LogP contribution in [0.25, 0.3) is 0 Å². The zero-order valence-electron chi connectivity index (χ0n) is 9.39. The Morgan fingerprint density at radius 3 is 2.38 bits per heavy atom. The van der Waals surface area contributed by atoms with Crippen LogP contribution in [-0.4, -0.2) is 14.7 Å². The van der Waals surface area contributed by atoms with Gasteiger partial charge in [0.1, 0.15) is 5.71 Å². The predicted octanol–water partition coefficient (Wildman–Crippen LogP) is 4.49. The first-order chi connectivity index (χ1) is 7.26. The fourth-order valence-corrected chi connectivity index (χ4v) is 2.40. The lowest BCUT2D eigenvalue weighted by Gasteiger charge is -2.38. The SMILES string of the molecule is CCC1=CC(=NO)C(C)=CC1(C)C(Cl)(Cl)Cl. The number of alkyl halides is 3. The van der Waals surface area contributed by atoms with Gasteiger partial charge in [-0.05, 0) is 31.9 Å². The lowest BCUT2D eigenvalue weighted by Crippen LogP contribution is -2.35. The molecule has 16 heavy (non-hydrogen) atoms. The summed E-state index contributed by atoms with van der Waals surface area (Å²) in [6.07, 6.45) is 4.35. The van der Waals surface area contributed by atoms with E-state index in [1.54, 1.807) is 6.08 Å². The molecule has 1 atom stereocenters. The van der Waals surface area contributed by atoms with Crippen molar-refractivity contribution in [1.29, 1.82) is 0 Å². The van der Waals surface area contributed by atoms with Gasteiger partial charge in [-0.1, -0.05) is 58.5 Å². The van der Waals surface area contributed by atoms with E-state index in [4.69, 9.17) is 40.0 Å². The smallest absolute Gasteiger partial charge is 0.202 e. The number of halogens is 3. The molecule has 1 unspecified atom stereocenters. The zero-order chi connectivity index (χ0) is 12.6. The van der Waals surface area contributed by atoms with Crippen LogP contribution in [0.5, 0.6) is 0 Å². The maximum atomic E-state index is 8.85. The third-order valence-electron chi connectivity index (χ3n) is 2.96. The standard InChI is InChI=1S/C11H14Cl3NO/c1-4-8-5-9(15-16)7(2)6-10(8,3)11(12,13)14/h5-6,16H,4H2,1-3H3. The van der Waals surface area contributed by atoms with Gasteiger partial charge in [-0.15, -0.1) is 0 Å². The quantitative estimate of drug-likeness (QED) is 0.429. The summed E-state index contributed by atoms with van der Waals surface area (Å²) in [5.74, 6) is 0. The maximum absolute atomic E-state index is 8.85. The molecule has 0 bridgehead atoms. The Balaban J connectivity index is 3.33. The van der Waals surface area contributed by atoms with Gasteiger partial charge >= 0.3 is 0 Å². The first-order valence-corrected chi connectivity index (χ1v) is 6.09. The Hall–Kier alpha value is -0.180. The Bertz CT molecular complexity index is 379. The van der Waals surface area contributed by atoms with Crippen molar-refractivity contribution >= 4 is 40.5 Å². The van der Waals surface area contributed by atoms with Gasteiger partial charge in [0, 0.05) is 0 Å². The summed E-state index contributed by atoms with van der Waals surface area (Å²) in [5, 5.41) is 12.1. The van der Waals surface area contributed by atoms with E-state index in [-0.39, 0.29) is 0 Å². The lowest BCUT2D eigenvalue weighted by atomic mass is 9.76. The Labute approximate surface area is 111 Å². The molecule has 90 valence electrons. The van der Waals surface area contributed by atoms with Crippen molar-refractivity contribution < 1.29 is 5.21 Å². The molecule has 0 saturated carbocycles. The molecule has 0 spiro atoms. The van der Waals surface area contributed by atoms with Crippen molar-refractivity contribution in [3.8, 4) is 0 Å².